The first-order chi connectivity index (χ1) is 8.70. The van der Waals surface area contributed by atoms with Gasteiger partial charge < -0.3 is 0 Å². The van der Waals surface area contributed by atoms with Gasteiger partial charge in [-0.25, -0.2) is 0 Å². The van der Waals surface area contributed by atoms with Gasteiger partial charge in [-0.15, -0.1) is 0 Å². The molecule has 0 unspecified atom stereocenters. The topological polar surface area (TPSA) is 6.48 Å². The molecule has 2 nitrogen and oxygen atoms in total. The monoisotopic (exact) mass is 418 g/mol. The van der Waals surface area contributed by atoms with Crippen molar-refractivity contribution in [3.05, 3.63) is 0 Å². The normalized spacial score (nSPS) is 12.1. The molecular formula is C16H37FN2Nd. The van der Waals surface area contributed by atoms with Gasteiger partial charge in [0.25, 0.3) is 0 Å². The van der Waals surface area contributed by atoms with Crippen LogP contribution in [0, 0.1) is 61.2 Å². The van der Waals surface area contributed by atoms with Crippen molar-refractivity contribution in [3.8, 4) is 0 Å². The average Bonchev–Trinajstić information content (AvgIpc) is 2.11. The van der Waals surface area contributed by atoms with Gasteiger partial charge in [0.05, 0.1) is 0 Å². The van der Waals surface area contributed by atoms with E-state index < -0.39 is 37.5 Å². The van der Waals surface area contributed by atoms with Gasteiger partial charge in [0.15, 0.2) is 0 Å². The minimum atomic E-state index is -0.824. The number of hydrogen-bond acceptors (Lipinski definition) is 2. The predicted octanol–water partition coefficient (Wildman–Crippen LogP) is 4.28. The summed E-state index contributed by atoms with van der Waals surface area (Å²) in [7, 11) is 0. The van der Waals surface area contributed by atoms with Gasteiger partial charge in [0.2, 0.25) is 0 Å². The summed E-state index contributed by atoms with van der Waals surface area (Å²) in [6.07, 6.45) is 0. The van der Waals surface area contributed by atoms with E-state index in [0.717, 1.165) is 23.7 Å². The second kappa shape index (κ2) is 12.7. The molecule has 0 heterocycles. The summed E-state index contributed by atoms with van der Waals surface area (Å²) in [4.78, 5) is 0. The van der Waals surface area contributed by atoms with Gasteiger partial charge >= 0.3 is 145 Å². The third kappa shape index (κ3) is 14.2. The maximum absolute atomic E-state index is 2.83. The van der Waals surface area contributed by atoms with Gasteiger partial charge in [0.1, 0.15) is 0 Å². The molecule has 4 heteroatoms. The Morgan fingerprint density at radius 3 is 0.900 bits per heavy atom. The molecule has 0 rings (SSSR count). The van der Waals surface area contributed by atoms with Crippen LogP contribution in [0.1, 0.15) is 55.4 Å². The summed E-state index contributed by atoms with van der Waals surface area (Å²) in [5, 5.41) is 0. The SMILES string of the molecule is CC(C)C[N](CC(C)C)[Nd][N](CC(C)C)CC(C)C.F. The van der Waals surface area contributed by atoms with Gasteiger partial charge in [-0.1, -0.05) is 0 Å². The fourth-order valence-corrected chi connectivity index (χ4v) is 9.29. The van der Waals surface area contributed by atoms with Crippen molar-refractivity contribution in [2.45, 2.75) is 55.4 Å². The second-order valence-corrected chi connectivity index (χ2v) is 12.2. The van der Waals surface area contributed by atoms with Crippen molar-refractivity contribution >= 4 is 0 Å². The van der Waals surface area contributed by atoms with E-state index in [9.17, 15) is 0 Å². The van der Waals surface area contributed by atoms with Crippen LogP contribution in [0.3, 0.4) is 0 Å². The van der Waals surface area contributed by atoms with Crippen molar-refractivity contribution < 1.29 is 42.2 Å². The molecule has 0 atom stereocenters. The fourth-order valence-electron chi connectivity index (χ4n) is 2.28. The summed E-state index contributed by atoms with van der Waals surface area (Å²) in [6, 6.07) is 0. The zero-order valence-electron chi connectivity index (χ0n) is 14.9. The number of rotatable bonds is 10. The minimum Gasteiger partial charge on any atom is -0.269 e. The standard InChI is InChI=1S/2C8H18N.FH.Nd/c2*1-7(2)5-9-6-8(3)4;;/h2*7-8H,5-6H2,1-4H3;1H;/q2*-1;;+2. The van der Waals surface area contributed by atoms with Gasteiger partial charge in [0, 0.05) is 0 Å². The zero-order chi connectivity index (χ0) is 15.0. The molecule has 0 aromatic rings. The van der Waals surface area contributed by atoms with Crippen molar-refractivity contribution in [2.75, 3.05) is 26.2 Å². The Morgan fingerprint density at radius 2 is 0.750 bits per heavy atom. The molecule has 0 aromatic heterocycles. The van der Waals surface area contributed by atoms with E-state index in [2.05, 4.69) is 57.4 Å². The Kier molecular flexibility index (Phi) is 14.9. The molecule has 0 amide bonds. The zero-order valence-corrected chi connectivity index (χ0v) is 18.1. The van der Waals surface area contributed by atoms with Crippen LogP contribution in [0.2, 0.25) is 0 Å². The van der Waals surface area contributed by atoms with Crippen LogP contribution >= 0.6 is 0 Å². The smallest absolute Gasteiger partial charge is 0.269 e. The van der Waals surface area contributed by atoms with Crippen LogP contribution in [-0.4, -0.2) is 28.1 Å². The van der Waals surface area contributed by atoms with E-state index in [-0.39, 0.29) is 4.70 Å². The molecule has 0 spiro atoms. The van der Waals surface area contributed by atoms with Crippen LogP contribution in [0.15, 0.2) is 0 Å². The Hall–Kier alpha value is 1.20. The van der Waals surface area contributed by atoms with E-state index in [4.69, 9.17) is 0 Å². The number of nitrogens with zero attached hydrogens (tertiary/aromatic N) is 2. The van der Waals surface area contributed by atoms with Crippen molar-refractivity contribution in [3.63, 3.8) is 0 Å². The van der Waals surface area contributed by atoms with Gasteiger partial charge in [-0.2, -0.15) is 0 Å². The van der Waals surface area contributed by atoms with Crippen LogP contribution in [0.25, 0.3) is 0 Å². The first-order valence-corrected chi connectivity index (χ1v) is 10.8. The Bertz CT molecular complexity index is 179. The fraction of sp³-hybridized carbons (Fsp3) is 1.00. The predicted molar refractivity (Wildman–Crippen MR) is 85.0 cm³/mol. The van der Waals surface area contributed by atoms with Crippen molar-refractivity contribution in [1.82, 2.24) is 1.97 Å². The molecule has 0 bridgehead atoms. The Labute approximate surface area is 148 Å². The summed E-state index contributed by atoms with van der Waals surface area (Å²) in [5.41, 5.74) is 0. The van der Waals surface area contributed by atoms with Crippen LogP contribution in [0.5, 0.6) is 0 Å². The van der Waals surface area contributed by atoms with Crippen molar-refractivity contribution in [1.29, 1.82) is 0 Å². The summed E-state index contributed by atoms with van der Waals surface area (Å²) in [5.74, 6) is 3.19. The molecule has 0 saturated carbocycles. The average molecular weight is 421 g/mol. The summed E-state index contributed by atoms with van der Waals surface area (Å²) < 4.78 is 5.67. The van der Waals surface area contributed by atoms with Crippen LogP contribution in [-0.2, 0) is 0 Å². The minimum absolute atomic E-state index is 0. The van der Waals surface area contributed by atoms with Crippen molar-refractivity contribution in [2.24, 2.45) is 23.7 Å². The molecule has 0 N–H and O–H groups in total. The number of halogens is 1. The molecule has 20 heavy (non-hydrogen) atoms. The molecule has 0 aliphatic rings. The maximum atomic E-state index is 2.83. The summed E-state index contributed by atoms with van der Waals surface area (Å²) in [6.45, 7) is 24.0. The second-order valence-electron chi connectivity index (χ2n) is 7.49. The largest absolute Gasteiger partial charge is 0.269 e. The van der Waals surface area contributed by atoms with E-state index in [1.165, 1.54) is 26.2 Å². The van der Waals surface area contributed by atoms with E-state index in [1.807, 2.05) is 0 Å². The van der Waals surface area contributed by atoms with E-state index in [1.54, 1.807) is 0 Å². The first-order valence-electron chi connectivity index (χ1n) is 7.96. The molecule has 0 saturated heterocycles. The van der Waals surface area contributed by atoms with Gasteiger partial charge in [-0.05, 0) is 0 Å². The first kappa shape index (κ1) is 23.5. The van der Waals surface area contributed by atoms with Crippen LogP contribution in [0.4, 0.5) is 4.70 Å². The quantitative estimate of drug-likeness (QED) is 0.520. The third-order valence-electron chi connectivity index (χ3n) is 2.62. The van der Waals surface area contributed by atoms with Gasteiger partial charge in [-0.3, -0.25) is 4.70 Å². The molecule has 0 radical (unpaired) electrons. The molecule has 0 aliphatic carbocycles. The van der Waals surface area contributed by atoms with E-state index in [0.29, 0.717) is 0 Å². The Balaban J connectivity index is 0. The maximum Gasteiger partial charge on any atom is -0.269 e. The molecule has 0 aliphatic heterocycles. The Morgan fingerprint density at radius 1 is 0.550 bits per heavy atom. The molecular weight excluding hydrogens is 383 g/mol. The third-order valence-corrected chi connectivity index (χ3v) is 6.78. The molecule has 0 aromatic carbocycles. The summed E-state index contributed by atoms with van der Waals surface area (Å²) >= 11 is -0.824. The van der Waals surface area contributed by atoms with Crippen LogP contribution < -0.4 is 0 Å². The number of hydrogen-bond donors (Lipinski definition) is 0. The molecule has 122 valence electrons. The van der Waals surface area contributed by atoms with E-state index >= 15 is 0 Å². The molecule has 0 fully saturated rings.